The fourth-order valence-corrected chi connectivity index (χ4v) is 3.21. The van der Waals surface area contributed by atoms with Gasteiger partial charge in [-0.3, -0.25) is 4.79 Å². The molecule has 7 heteroatoms. The van der Waals surface area contributed by atoms with Crippen LogP contribution in [0.1, 0.15) is 43.6 Å². The van der Waals surface area contributed by atoms with Gasteiger partial charge in [0.2, 0.25) is 0 Å². The van der Waals surface area contributed by atoms with Gasteiger partial charge in [-0.2, -0.15) is 13.2 Å². The van der Waals surface area contributed by atoms with E-state index in [1.54, 1.807) is 24.3 Å². The second-order valence-corrected chi connectivity index (χ2v) is 6.98. The molecule has 4 nitrogen and oxygen atoms in total. The molecule has 0 saturated carbocycles. The van der Waals surface area contributed by atoms with Crippen LogP contribution in [-0.2, 0) is 6.18 Å². The van der Waals surface area contributed by atoms with Gasteiger partial charge in [0.05, 0.1) is 29.6 Å². The summed E-state index contributed by atoms with van der Waals surface area (Å²) in [5, 5.41) is 2.64. The van der Waals surface area contributed by atoms with Crippen LogP contribution in [0.3, 0.4) is 0 Å². The molecule has 0 aliphatic heterocycles. The van der Waals surface area contributed by atoms with E-state index in [1.807, 2.05) is 32.6 Å². The zero-order chi connectivity index (χ0) is 21.1. The minimum absolute atomic E-state index is 0.0265. The number of alkyl halides is 3. The molecule has 28 heavy (non-hydrogen) atoms. The van der Waals surface area contributed by atoms with Gasteiger partial charge in [-0.15, -0.1) is 0 Å². The molecule has 1 N–H and O–H groups in total. The maximum absolute atomic E-state index is 13.3. The Balaban J connectivity index is 2.54. The molecule has 152 valence electrons. The third kappa shape index (κ3) is 4.77. The zero-order valence-electron chi connectivity index (χ0n) is 16.6. The van der Waals surface area contributed by atoms with Gasteiger partial charge in [-0.05, 0) is 58.0 Å². The maximum atomic E-state index is 13.3. The number of benzene rings is 2. The summed E-state index contributed by atoms with van der Waals surface area (Å²) in [6, 6.07) is 10.0. The van der Waals surface area contributed by atoms with E-state index in [0.717, 1.165) is 12.1 Å². The molecule has 0 unspecified atom stereocenters. The van der Waals surface area contributed by atoms with E-state index in [1.165, 1.54) is 13.2 Å². The summed E-state index contributed by atoms with van der Waals surface area (Å²) < 4.78 is 44.9. The van der Waals surface area contributed by atoms with Crippen LogP contribution in [0.15, 0.2) is 42.5 Å². The van der Waals surface area contributed by atoms with Gasteiger partial charge in [0.15, 0.2) is 0 Å². The maximum Gasteiger partial charge on any atom is 0.416 e. The number of halogens is 3. The number of carbonyl (C=O) groups is 1. The van der Waals surface area contributed by atoms with Gasteiger partial charge in [0.1, 0.15) is 5.75 Å². The van der Waals surface area contributed by atoms with Crippen molar-refractivity contribution in [2.24, 2.45) is 0 Å². The van der Waals surface area contributed by atoms with E-state index in [-0.39, 0.29) is 23.3 Å². The Hall–Kier alpha value is -2.70. The molecule has 0 bridgehead atoms. The van der Waals surface area contributed by atoms with Crippen molar-refractivity contribution in [3.63, 3.8) is 0 Å². The predicted molar refractivity (Wildman–Crippen MR) is 105 cm³/mol. The van der Waals surface area contributed by atoms with Crippen LogP contribution < -0.4 is 15.0 Å². The molecule has 2 rings (SSSR count). The number of nitrogens with zero attached hydrogens (tertiary/aromatic N) is 1. The molecule has 0 heterocycles. The van der Waals surface area contributed by atoms with E-state index in [9.17, 15) is 18.0 Å². The molecule has 0 atom stereocenters. The first kappa shape index (κ1) is 21.6. The second-order valence-electron chi connectivity index (χ2n) is 6.98. The topological polar surface area (TPSA) is 41.6 Å². The number of para-hydroxylation sites is 1. The molecule has 0 spiro atoms. The number of ether oxygens (including phenoxy) is 1. The summed E-state index contributed by atoms with van der Waals surface area (Å²) in [7, 11) is 1.43. The second kappa shape index (κ2) is 8.54. The zero-order valence-corrected chi connectivity index (χ0v) is 16.6. The third-order valence-corrected chi connectivity index (χ3v) is 4.31. The summed E-state index contributed by atoms with van der Waals surface area (Å²) in [5.74, 6) is -0.191. The molecular weight excluding hydrogens is 369 g/mol. The molecule has 2 aromatic carbocycles. The summed E-state index contributed by atoms with van der Waals surface area (Å²) in [4.78, 5) is 14.7. The fourth-order valence-electron chi connectivity index (χ4n) is 3.21. The van der Waals surface area contributed by atoms with Crippen molar-refractivity contribution >= 4 is 17.3 Å². The molecular formula is C21H25F3N2O2. The van der Waals surface area contributed by atoms with Gasteiger partial charge in [0.25, 0.3) is 5.91 Å². The van der Waals surface area contributed by atoms with Crippen LogP contribution in [0.4, 0.5) is 24.5 Å². The minimum Gasteiger partial charge on any atom is -0.496 e. The normalized spacial score (nSPS) is 11.6. The van der Waals surface area contributed by atoms with Crippen LogP contribution in [0.25, 0.3) is 0 Å². The number of amides is 1. The van der Waals surface area contributed by atoms with Gasteiger partial charge in [-0.25, -0.2) is 0 Å². The van der Waals surface area contributed by atoms with E-state index in [0.29, 0.717) is 11.4 Å². The lowest BCUT2D eigenvalue weighted by atomic mass is 10.1. The Morgan fingerprint density at radius 2 is 1.64 bits per heavy atom. The summed E-state index contributed by atoms with van der Waals surface area (Å²) >= 11 is 0. The molecule has 0 aliphatic carbocycles. The monoisotopic (exact) mass is 394 g/mol. The van der Waals surface area contributed by atoms with Crippen LogP contribution in [0.2, 0.25) is 0 Å². The predicted octanol–water partition coefficient (Wildman–Crippen LogP) is 5.59. The highest BCUT2D eigenvalue weighted by molar-refractivity contribution is 6.07. The highest BCUT2D eigenvalue weighted by atomic mass is 19.4. The van der Waals surface area contributed by atoms with Crippen molar-refractivity contribution in [2.45, 2.75) is 46.0 Å². The van der Waals surface area contributed by atoms with Crippen molar-refractivity contribution in [2.75, 3.05) is 17.3 Å². The van der Waals surface area contributed by atoms with E-state index in [4.69, 9.17) is 4.74 Å². The van der Waals surface area contributed by atoms with Crippen molar-refractivity contribution in [3.8, 4) is 5.75 Å². The first-order valence-electron chi connectivity index (χ1n) is 9.00. The van der Waals surface area contributed by atoms with Crippen LogP contribution in [0, 0.1) is 0 Å². The van der Waals surface area contributed by atoms with Crippen molar-refractivity contribution in [1.82, 2.24) is 0 Å². The van der Waals surface area contributed by atoms with E-state index >= 15 is 0 Å². The number of methoxy groups -OCH3 is 1. The number of anilines is 2. The lowest BCUT2D eigenvalue weighted by Crippen LogP contribution is -2.37. The molecule has 0 aromatic heterocycles. The molecule has 2 aromatic rings. The van der Waals surface area contributed by atoms with E-state index < -0.39 is 17.6 Å². The number of rotatable bonds is 6. The van der Waals surface area contributed by atoms with Gasteiger partial charge < -0.3 is 15.0 Å². The van der Waals surface area contributed by atoms with Crippen LogP contribution >= 0.6 is 0 Å². The molecule has 1 amide bonds. The van der Waals surface area contributed by atoms with Crippen molar-refractivity contribution in [1.29, 1.82) is 0 Å². The standard InChI is InChI=1S/C21H25F3N2O2/c1-13(2)26(14(3)4)18-11-10-15(21(22,23)24)12-17(18)25-20(27)16-8-6-7-9-19(16)28-5/h6-14H,1-5H3,(H,25,27). The lowest BCUT2D eigenvalue weighted by molar-refractivity contribution is -0.137. The first-order valence-corrected chi connectivity index (χ1v) is 9.00. The van der Waals surface area contributed by atoms with Crippen LogP contribution in [-0.4, -0.2) is 25.1 Å². The molecule has 0 aliphatic rings. The largest absolute Gasteiger partial charge is 0.496 e. The number of hydrogen-bond donors (Lipinski definition) is 1. The molecule has 0 saturated heterocycles. The summed E-state index contributed by atoms with van der Waals surface area (Å²) in [5.41, 5.74) is 0.0578. The Bertz CT molecular complexity index is 825. The van der Waals surface area contributed by atoms with E-state index in [2.05, 4.69) is 5.32 Å². The SMILES string of the molecule is COc1ccccc1C(=O)Nc1cc(C(F)(F)F)ccc1N(C(C)C)C(C)C. The summed E-state index contributed by atoms with van der Waals surface area (Å²) in [6.07, 6.45) is -4.51. The highest BCUT2D eigenvalue weighted by Gasteiger charge is 2.32. The smallest absolute Gasteiger partial charge is 0.416 e. The first-order chi connectivity index (χ1) is 13.1. The number of carbonyl (C=O) groups excluding carboxylic acids is 1. The van der Waals surface area contributed by atoms with Crippen LogP contribution in [0.5, 0.6) is 5.75 Å². The lowest BCUT2D eigenvalue weighted by Gasteiger charge is -2.35. The van der Waals surface area contributed by atoms with Crippen molar-refractivity contribution < 1.29 is 22.7 Å². The quantitative estimate of drug-likeness (QED) is 0.694. The fraction of sp³-hybridized carbons (Fsp3) is 0.381. The Morgan fingerprint density at radius 1 is 1.04 bits per heavy atom. The van der Waals surface area contributed by atoms with Crippen molar-refractivity contribution in [3.05, 3.63) is 53.6 Å². The Kier molecular flexibility index (Phi) is 6.59. The van der Waals surface area contributed by atoms with Gasteiger partial charge in [-0.1, -0.05) is 12.1 Å². The molecule has 0 fully saturated rings. The average Bonchev–Trinajstić information content (AvgIpc) is 2.61. The highest BCUT2D eigenvalue weighted by Crippen LogP contribution is 2.37. The third-order valence-electron chi connectivity index (χ3n) is 4.31. The Labute approximate surface area is 163 Å². The molecule has 0 radical (unpaired) electrons. The average molecular weight is 394 g/mol. The Morgan fingerprint density at radius 3 is 2.18 bits per heavy atom. The number of hydrogen-bond acceptors (Lipinski definition) is 3. The van der Waals surface area contributed by atoms with Gasteiger partial charge in [0, 0.05) is 12.1 Å². The summed E-state index contributed by atoms with van der Waals surface area (Å²) in [6.45, 7) is 7.79. The number of nitrogens with one attached hydrogen (secondary N) is 1. The van der Waals surface area contributed by atoms with Gasteiger partial charge >= 0.3 is 6.18 Å². The minimum atomic E-state index is -4.51.